The number of pyridine rings is 1. The lowest BCUT2D eigenvalue weighted by atomic mass is 10.0. The molecule has 1 N–H and O–H groups in total. The van der Waals surface area contributed by atoms with E-state index in [1.807, 2.05) is 42.6 Å². The van der Waals surface area contributed by atoms with Crippen molar-refractivity contribution in [1.82, 2.24) is 4.98 Å². The highest BCUT2D eigenvalue weighted by Crippen LogP contribution is 2.16. The molecule has 0 aliphatic rings. The van der Waals surface area contributed by atoms with Crippen LogP contribution in [0.5, 0.6) is 0 Å². The molecule has 104 valence electrons. The summed E-state index contributed by atoms with van der Waals surface area (Å²) >= 11 is 0. The number of hydrogen-bond donors (Lipinski definition) is 1. The second-order valence-electron chi connectivity index (χ2n) is 4.40. The second kappa shape index (κ2) is 7.46. The minimum Gasteiger partial charge on any atom is -0.478 e. The summed E-state index contributed by atoms with van der Waals surface area (Å²) in [5, 5.41) is 8.71. The first-order chi connectivity index (χ1) is 9.15. The van der Waals surface area contributed by atoms with Gasteiger partial charge in [-0.2, -0.15) is 0 Å². The van der Waals surface area contributed by atoms with Gasteiger partial charge in [0, 0.05) is 18.5 Å². The molecule has 0 aliphatic carbocycles. The van der Waals surface area contributed by atoms with Crippen molar-refractivity contribution >= 4 is 23.9 Å². The maximum absolute atomic E-state index is 10.6. The highest BCUT2D eigenvalue weighted by molar-refractivity contribution is 5.89. The van der Waals surface area contributed by atoms with Crippen molar-refractivity contribution in [2.75, 3.05) is 0 Å². The summed E-state index contributed by atoms with van der Waals surface area (Å²) in [7, 11) is 0. The van der Waals surface area contributed by atoms with Gasteiger partial charge in [-0.3, -0.25) is 4.98 Å². The molecule has 0 fully saturated rings. The van der Waals surface area contributed by atoms with Gasteiger partial charge in [0.05, 0.1) is 0 Å². The first-order valence-electron chi connectivity index (χ1n) is 6.04. The highest BCUT2D eigenvalue weighted by atomic mass is 35.5. The van der Waals surface area contributed by atoms with Crippen molar-refractivity contribution in [3.63, 3.8) is 0 Å². The van der Waals surface area contributed by atoms with Gasteiger partial charge in [0.15, 0.2) is 0 Å². The van der Waals surface area contributed by atoms with Crippen molar-refractivity contribution in [1.29, 1.82) is 0 Å². The molecule has 0 atom stereocenters. The fourth-order valence-electron chi connectivity index (χ4n) is 1.89. The average Bonchev–Trinajstić information content (AvgIpc) is 2.40. The Balaban J connectivity index is 0.00000200. The Hall–Kier alpha value is -2.13. The molecule has 1 heterocycles. The minimum absolute atomic E-state index is 0. The Morgan fingerprint density at radius 2 is 1.90 bits per heavy atom. The number of aromatic nitrogens is 1. The van der Waals surface area contributed by atoms with Gasteiger partial charge >= 0.3 is 5.97 Å². The summed E-state index contributed by atoms with van der Waals surface area (Å²) in [5.41, 5.74) is 4.02. The summed E-state index contributed by atoms with van der Waals surface area (Å²) < 4.78 is 0. The van der Waals surface area contributed by atoms with Gasteiger partial charge in [-0.05, 0) is 41.7 Å². The SMILES string of the molecule is C/C(=C/C(=O)O)c1ccc(Cc2cccnc2)cc1.Cl. The van der Waals surface area contributed by atoms with Gasteiger partial charge in [0.2, 0.25) is 0 Å². The van der Waals surface area contributed by atoms with E-state index in [-0.39, 0.29) is 12.4 Å². The van der Waals surface area contributed by atoms with Gasteiger partial charge in [-0.15, -0.1) is 12.4 Å². The molecule has 20 heavy (non-hydrogen) atoms. The molecule has 0 saturated carbocycles. The summed E-state index contributed by atoms with van der Waals surface area (Å²) in [5.74, 6) is -0.920. The fraction of sp³-hybridized carbons (Fsp3) is 0.125. The number of allylic oxidation sites excluding steroid dienone is 1. The third-order valence-electron chi connectivity index (χ3n) is 2.88. The smallest absolute Gasteiger partial charge is 0.328 e. The number of rotatable bonds is 4. The van der Waals surface area contributed by atoms with Crippen LogP contribution in [-0.2, 0) is 11.2 Å². The number of carbonyl (C=O) groups is 1. The molecule has 2 rings (SSSR count). The first-order valence-corrected chi connectivity index (χ1v) is 6.04. The Morgan fingerprint density at radius 3 is 2.45 bits per heavy atom. The minimum atomic E-state index is -0.920. The van der Waals surface area contributed by atoms with Gasteiger partial charge in [-0.1, -0.05) is 30.3 Å². The van der Waals surface area contributed by atoms with Crippen LogP contribution < -0.4 is 0 Å². The molecule has 0 unspecified atom stereocenters. The van der Waals surface area contributed by atoms with E-state index in [1.54, 1.807) is 13.1 Å². The molecule has 1 aromatic carbocycles. The Kier molecular flexibility index (Phi) is 5.94. The normalized spacial score (nSPS) is 10.8. The summed E-state index contributed by atoms with van der Waals surface area (Å²) in [6, 6.07) is 11.9. The molecular formula is C16H16ClNO2. The summed E-state index contributed by atoms with van der Waals surface area (Å²) in [6.45, 7) is 1.80. The van der Waals surface area contributed by atoms with Crippen LogP contribution in [0, 0.1) is 0 Å². The zero-order valence-corrected chi connectivity index (χ0v) is 11.9. The molecule has 0 spiro atoms. The van der Waals surface area contributed by atoms with Crippen LogP contribution in [0.25, 0.3) is 5.57 Å². The van der Waals surface area contributed by atoms with E-state index in [0.29, 0.717) is 0 Å². The average molecular weight is 290 g/mol. The summed E-state index contributed by atoms with van der Waals surface area (Å²) in [6.07, 6.45) is 5.65. The molecular weight excluding hydrogens is 274 g/mol. The lowest BCUT2D eigenvalue weighted by Gasteiger charge is -2.04. The third kappa shape index (κ3) is 4.52. The molecule has 0 radical (unpaired) electrons. The van der Waals surface area contributed by atoms with E-state index in [9.17, 15) is 4.79 Å². The maximum atomic E-state index is 10.6. The van der Waals surface area contributed by atoms with Crippen LogP contribution >= 0.6 is 12.4 Å². The predicted octanol–water partition coefficient (Wildman–Crippen LogP) is 3.58. The Bertz CT molecular complexity index is 592. The van der Waals surface area contributed by atoms with Gasteiger partial charge in [0.25, 0.3) is 0 Å². The molecule has 3 nitrogen and oxygen atoms in total. The molecule has 2 aromatic rings. The first kappa shape index (κ1) is 15.9. The monoisotopic (exact) mass is 289 g/mol. The van der Waals surface area contributed by atoms with Crippen molar-refractivity contribution in [3.05, 3.63) is 71.6 Å². The Labute approximate surface area is 124 Å². The van der Waals surface area contributed by atoms with Crippen LogP contribution in [0.1, 0.15) is 23.6 Å². The standard InChI is InChI=1S/C16H15NO2.ClH/c1-12(9-16(18)19)15-6-4-13(5-7-15)10-14-3-2-8-17-11-14;/h2-9,11H,10H2,1H3,(H,18,19);1H/b12-9-;. The fourth-order valence-corrected chi connectivity index (χ4v) is 1.89. The number of carboxylic acid groups (broad SMARTS) is 1. The van der Waals surface area contributed by atoms with Crippen LogP contribution in [0.4, 0.5) is 0 Å². The van der Waals surface area contributed by atoms with E-state index in [4.69, 9.17) is 5.11 Å². The van der Waals surface area contributed by atoms with Crippen LogP contribution in [-0.4, -0.2) is 16.1 Å². The predicted molar refractivity (Wildman–Crippen MR) is 82.0 cm³/mol. The van der Waals surface area contributed by atoms with E-state index in [0.717, 1.165) is 23.1 Å². The number of nitrogens with zero attached hydrogens (tertiary/aromatic N) is 1. The lowest BCUT2D eigenvalue weighted by molar-refractivity contribution is -0.131. The second-order valence-corrected chi connectivity index (χ2v) is 4.40. The number of benzene rings is 1. The van der Waals surface area contributed by atoms with Gasteiger partial charge in [-0.25, -0.2) is 4.79 Å². The van der Waals surface area contributed by atoms with Crippen LogP contribution in [0.2, 0.25) is 0 Å². The van der Waals surface area contributed by atoms with Crippen molar-refractivity contribution < 1.29 is 9.90 Å². The number of hydrogen-bond acceptors (Lipinski definition) is 2. The topological polar surface area (TPSA) is 50.2 Å². The molecule has 0 amide bonds. The van der Waals surface area contributed by atoms with Crippen molar-refractivity contribution in [2.45, 2.75) is 13.3 Å². The van der Waals surface area contributed by atoms with Gasteiger partial charge in [0.1, 0.15) is 0 Å². The number of carboxylic acids is 1. The molecule has 0 aliphatic heterocycles. The molecule has 4 heteroatoms. The van der Waals surface area contributed by atoms with E-state index in [2.05, 4.69) is 4.98 Å². The largest absolute Gasteiger partial charge is 0.478 e. The molecule has 1 aromatic heterocycles. The van der Waals surface area contributed by atoms with E-state index >= 15 is 0 Å². The number of aliphatic carboxylic acids is 1. The van der Waals surface area contributed by atoms with Gasteiger partial charge < -0.3 is 5.11 Å². The van der Waals surface area contributed by atoms with Crippen LogP contribution in [0.15, 0.2) is 54.9 Å². The zero-order chi connectivity index (χ0) is 13.7. The molecule has 0 bridgehead atoms. The van der Waals surface area contributed by atoms with Crippen molar-refractivity contribution in [2.24, 2.45) is 0 Å². The zero-order valence-electron chi connectivity index (χ0n) is 11.1. The summed E-state index contributed by atoms with van der Waals surface area (Å²) in [4.78, 5) is 14.7. The van der Waals surface area contributed by atoms with E-state index in [1.165, 1.54) is 11.6 Å². The maximum Gasteiger partial charge on any atom is 0.328 e. The third-order valence-corrected chi connectivity index (χ3v) is 2.88. The van der Waals surface area contributed by atoms with E-state index < -0.39 is 5.97 Å². The molecule has 0 saturated heterocycles. The highest BCUT2D eigenvalue weighted by Gasteiger charge is 2.00. The Morgan fingerprint density at radius 1 is 1.20 bits per heavy atom. The number of halogens is 1. The van der Waals surface area contributed by atoms with Crippen molar-refractivity contribution in [3.8, 4) is 0 Å². The lowest BCUT2D eigenvalue weighted by Crippen LogP contribution is -1.92. The van der Waals surface area contributed by atoms with Crippen LogP contribution in [0.3, 0.4) is 0 Å². The quantitative estimate of drug-likeness (QED) is 0.875.